The molecule has 16 heteroatoms. The third kappa shape index (κ3) is 7.87. The third-order valence-corrected chi connectivity index (χ3v) is 9.93. The highest BCUT2D eigenvalue weighted by atomic mass is 32.1. The summed E-state index contributed by atoms with van der Waals surface area (Å²) in [6.45, 7) is 2.34. The Hall–Kier alpha value is -7.17. The number of nitrogens with one attached hydrogen (secondary N) is 2. The van der Waals surface area contributed by atoms with E-state index in [2.05, 4.69) is 20.6 Å². The molecule has 2 aromatic carbocycles. The Morgan fingerprint density at radius 2 is 1.18 bits per heavy atom. The molecule has 0 radical (unpaired) electrons. The van der Waals surface area contributed by atoms with Crippen molar-refractivity contribution in [1.29, 1.82) is 0 Å². The summed E-state index contributed by atoms with van der Waals surface area (Å²) in [6.07, 6.45) is 2.79. The van der Waals surface area contributed by atoms with E-state index in [-0.39, 0.29) is 32.6 Å². The van der Waals surface area contributed by atoms with Gasteiger partial charge in [-0.1, -0.05) is 36.4 Å². The number of anilines is 2. The highest BCUT2D eigenvalue weighted by Crippen LogP contribution is 2.37. The van der Waals surface area contributed by atoms with Crippen molar-refractivity contribution < 1.29 is 47.4 Å². The normalized spacial score (nSPS) is 10.8. The quantitative estimate of drug-likeness (QED) is 0.0964. The molecule has 4 N–H and O–H groups in total. The van der Waals surface area contributed by atoms with Crippen LogP contribution < -0.4 is 15.4 Å². The molecule has 56 heavy (non-hydrogen) atoms. The second kappa shape index (κ2) is 16.1. The summed E-state index contributed by atoms with van der Waals surface area (Å²) in [6, 6.07) is 23.6. The van der Waals surface area contributed by atoms with Crippen LogP contribution >= 0.6 is 22.7 Å². The molecule has 0 saturated carbocycles. The van der Waals surface area contributed by atoms with Crippen LogP contribution in [0.25, 0.3) is 44.2 Å². The zero-order valence-corrected chi connectivity index (χ0v) is 30.6. The number of carbonyl (C=O) groups is 4. The fraction of sp³-hybridized carbons (Fsp3) is 0.0500. The molecular weight excluding hydrogens is 764 g/mol. The number of pyridine rings is 2. The van der Waals surface area contributed by atoms with Crippen molar-refractivity contribution in [2.24, 2.45) is 0 Å². The molecule has 0 bridgehead atoms. The average Bonchev–Trinajstić information content (AvgIpc) is 4.00. The fourth-order valence-corrected chi connectivity index (χ4v) is 7.49. The van der Waals surface area contributed by atoms with Gasteiger partial charge in [-0.05, 0) is 49.4 Å². The number of nitrogens with zero attached hydrogens (tertiary/aromatic N) is 2. The largest absolute Gasteiger partial charge is 0.478 e. The van der Waals surface area contributed by atoms with E-state index < -0.39 is 29.7 Å². The number of thiophene rings is 2. The van der Waals surface area contributed by atoms with E-state index in [0.717, 1.165) is 39.5 Å². The number of para-hydroxylation sites is 2. The van der Waals surface area contributed by atoms with Crippen LogP contribution in [-0.4, -0.2) is 50.5 Å². The van der Waals surface area contributed by atoms with Crippen molar-refractivity contribution in [2.75, 3.05) is 17.2 Å². The lowest BCUT2D eigenvalue weighted by Gasteiger charge is -2.06. The zero-order chi connectivity index (χ0) is 39.3. The molecular formula is C40H27FN4O9S2. The van der Waals surface area contributed by atoms with Crippen LogP contribution in [0, 0.1) is 5.95 Å². The molecule has 0 spiro atoms. The second-order valence-corrected chi connectivity index (χ2v) is 13.5. The number of amides is 2. The van der Waals surface area contributed by atoms with Crippen molar-refractivity contribution in [3.8, 4) is 28.1 Å². The molecule has 0 aliphatic carbocycles. The number of aromatic carboxylic acids is 2. The van der Waals surface area contributed by atoms with Gasteiger partial charge in [0.05, 0.1) is 6.61 Å². The summed E-state index contributed by atoms with van der Waals surface area (Å²) in [4.78, 5) is 56.4. The Morgan fingerprint density at radius 3 is 1.59 bits per heavy atom. The van der Waals surface area contributed by atoms with Gasteiger partial charge in [0.25, 0.3) is 11.8 Å². The van der Waals surface area contributed by atoms with Gasteiger partial charge in [-0.25, -0.2) is 19.6 Å². The van der Waals surface area contributed by atoms with E-state index in [0.29, 0.717) is 45.9 Å². The van der Waals surface area contributed by atoms with Gasteiger partial charge >= 0.3 is 11.9 Å². The molecule has 0 fully saturated rings. The number of rotatable bonds is 10. The Kier molecular flexibility index (Phi) is 10.7. The first-order chi connectivity index (χ1) is 27.1. The first kappa shape index (κ1) is 37.2. The minimum absolute atomic E-state index is 0.00502. The highest BCUT2D eigenvalue weighted by molar-refractivity contribution is 7.15. The summed E-state index contributed by atoms with van der Waals surface area (Å²) >= 11 is 2.19. The maximum atomic E-state index is 13.0. The number of aromatic nitrogens is 2. The monoisotopic (exact) mass is 790 g/mol. The number of hydrogen-bond acceptors (Lipinski definition) is 11. The van der Waals surface area contributed by atoms with Gasteiger partial charge in [0.1, 0.15) is 32.3 Å². The molecule has 0 aliphatic heterocycles. The number of halogens is 1. The van der Waals surface area contributed by atoms with E-state index in [9.17, 15) is 33.8 Å². The van der Waals surface area contributed by atoms with E-state index in [1.54, 1.807) is 59.4 Å². The lowest BCUT2D eigenvalue weighted by atomic mass is 10.1. The van der Waals surface area contributed by atoms with E-state index in [1.165, 1.54) is 12.3 Å². The molecule has 2 amide bonds. The third-order valence-electron chi connectivity index (χ3n) is 8.14. The SMILES string of the molecule is CCOc1ccc(-c2csc(NC(=O)c3cc4ccccc4o3)c2C(=O)O)cn1.O=C(Nc1scc(-c2ccc(F)nc2)c1C(=O)O)c1cc2ccccc2o1. The van der Waals surface area contributed by atoms with E-state index >= 15 is 0 Å². The summed E-state index contributed by atoms with van der Waals surface area (Å²) in [7, 11) is 0. The smallest absolute Gasteiger partial charge is 0.339 e. The minimum Gasteiger partial charge on any atom is -0.478 e. The van der Waals surface area contributed by atoms with Crippen LogP contribution in [0.1, 0.15) is 48.7 Å². The lowest BCUT2D eigenvalue weighted by molar-refractivity contribution is 0.0688. The molecule has 13 nitrogen and oxygen atoms in total. The van der Waals surface area contributed by atoms with Crippen LogP contribution in [0.2, 0.25) is 0 Å². The van der Waals surface area contributed by atoms with Crippen LogP contribution in [0.3, 0.4) is 0 Å². The standard InChI is InChI=1S/C21H16N2O5S.C19H11FN2O4S/c1-2-27-17-8-7-13(10-22-17)14-11-29-20(18(14)21(25)26)23-19(24)16-9-12-5-3-4-6-15(12)28-16;20-15-6-5-11(8-21-15)12-9-27-18(16(12)19(24)25)22-17(23)14-7-10-3-1-2-4-13(10)26-14/h3-11H,2H2,1H3,(H,23,24)(H,25,26);1-9H,(H,22,23)(H,24,25). The molecule has 6 heterocycles. The number of carbonyl (C=O) groups excluding carboxylic acids is 2. The van der Waals surface area contributed by atoms with Gasteiger partial charge in [0.15, 0.2) is 11.5 Å². The van der Waals surface area contributed by atoms with Gasteiger partial charge < -0.3 is 34.4 Å². The maximum absolute atomic E-state index is 13.0. The molecule has 0 aliphatic rings. The zero-order valence-electron chi connectivity index (χ0n) is 28.9. The van der Waals surface area contributed by atoms with Gasteiger partial charge in [0, 0.05) is 62.2 Å². The molecule has 0 saturated heterocycles. The number of carboxylic acids is 2. The highest BCUT2D eigenvalue weighted by Gasteiger charge is 2.24. The van der Waals surface area contributed by atoms with Crippen LogP contribution in [0.5, 0.6) is 5.88 Å². The van der Waals surface area contributed by atoms with Crippen LogP contribution in [0.4, 0.5) is 14.4 Å². The van der Waals surface area contributed by atoms with Crippen molar-refractivity contribution in [1.82, 2.24) is 9.97 Å². The number of ether oxygens (including phenoxy) is 1. The molecule has 6 aromatic heterocycles. The minimum atomic E-state index is -1.21. The maximum Gasteiger partial charge on any atom is 0.339 e. The summed E-state index contributed by atoms with van der Waals surface area (Å²) < 4.78 is 29.4. The van der Waals surface area contributed by atoms with Crippen molar-refractivity contribution >= 4 is 78.4 Å². The summed E-state index contributed by atoms with van der Waals surface area (Å²) in [5.74, 6) is -3.44. The van der Waals surface area contributed by atoms with Gasteiger partial charge in [-0.15, -0.1) is 22.7 Å². The summed E-state index contributed by atoms with van der Waals surface area (Å²) in [5.41, 5.74) is 2.94. The van der Waals surface area contributed by atoms with Crippen molar-refractivity contribution in [3.05, 3.63) is 137 Å². The second-order valence-electron chi connectivity index (χ2n) is 11.7. The number of benzene rings is 2. The molecule has 8 rings (SSSR count). The molecule has 0 unspecified atom stereocenters. The summed E-state index contributed by atoms with van der Waals surface area (Å²) in [5, 5.41) is 29.7. The van der Waals surface area contributed by atoms with Crippen molar-refractivity contribution in [2.45, 2.75) is 6.92 Å². The predicted molar refractivity (Wildman–Crippen MR) is 208 cm³/mol. The van der Waals surface area contributed by atoms with Gasteiger partial charge in [-0.3, -0.25) is 9.59 Å². The number of fused-ring (bicyclic) bond motifs is 2. The van der Waals surface area contributed by atoms with E-state index in [4.69, 9.17) is 13.6 Å². The number of hydrogen-bond donors (Lipinski definition) is 4. The first-order valence-corrected chi connectivity index (χ1v) is 18.4. The number of furan rings is 2. The molecule has 8 aromatic rings. The Balaban J connectivity index is 0.000000172. The van der Waals surface area contributed by atoms with E-state index in [1.807, 2.05) is 37.3 Å². The van der Waals surface area contributed by atoms with Gasteiger partial charge in [-0.2, -0.15) is 4.39 Å². The fourth-order valence-electron chi connectivity index (χ4n) is 5.57. The Bertz CT molecular complexity index is 2670. The average molecular weight is 791 g/mol. The van der Waals surface area contributed by atoms with Crippen LogP contribution in [-0.2, 0) is 0 Å². The molecule has 280 valence electrons. The predicted octanol–water partition coefficient (Wildman–Crippen LogP) is 9.55. The Labute approximate surface area is 323 Å². The van der Waals surface area contributed by atoms with Crippen LogP contribution in [0.15, 0.2) is 117 Å². The Morgan fingerprint density at radius 1 is 0.696 bits per heavy atom. The van der Waals surface area contributed by atoms with Crippen molar-refractivity contribution in [3.63, 3.8) is 0 Å². The van der Waals surface area contributed by atoms with Gasteiger partial charge in [0.2, 0.25) is 11.8 Å². The number of carboxylic acid groups (broad SMARTS) is 2. The topological polar surface area (TPSA) is 194 Å². The lowest BCUT2D eigenvalue weighted by Crippen LogP contribution is -2.12. The first-order valence-electron chi connectivity index (χ1n) is 16.6. The molecule has 0 atom stereocenters.